The van der Waals surface area contributed by atoms with Crippen molar-refractivity contribution in [2.24, 2.45) is 11.7 Å². The second-order valence-corrected chi connectivity index (χ2v) is 6.11. The van der Waals surface area contributed by atoms with E-state index in [9.17, 15) is 4.79 Å². The summed E-state index contributed by atoms with van der Waals surface area (Å²) < 4.78 is 5.20. The zero-order valence-electron chi connectivity index (χ0n) is 13.5. The van der Waals surface area contributed by atoms with Gasteiger partial charge in [0.05, 0.1) is 13.2 Å². The third-order valence-electron chi connectivity index (χ3n) is 4.24. The summed E-state index contributed by atoms with van der Waals surface area (Å²) in [5.74, 6) is 1.61. The number of nitrogens with one attached hydrogen (secondary N) is 1. The van der Waals surface area contributed by atoms with Gasteiger partial charge >= 0.3 is 0 Å². The van der Waals surface area contributed by atoms with Gasteiger partial charge in [0.25, 0.3) is 0 Å². The van der Waals surface area contributed by atoms with Crippen LogP contribution in [0.3, 0.4) is 0 Å². The second-order valence-electron chi connectivity index (χ2n) is 6.11. The molecule has 22 heavy (non-hydrogen) atoms. The fraction of sp³-hybridized carbons (Fsp3) is 0.611. The van der Waals surface area contributed by atoms with Gasteiger partial charge in [-0.15, -0.1) is 0 Å². The zero-order chi connectivity index (χ0) is 15.8. The number of carbonyl (C=O) groups excluding carboxylic acids is 1. The first-order valence-corrected chi connectivity index (χ1v) is 8.38. The molecule has 1 aliphatic rings. The summed E-state index contributed by atoms with van der Waals surface area (Å²) in [5.41, 5.74) is 6.65. The molecule has 0 bridgehead atoms. The molecule has 0 saturated heterocycles. The molecular formula is C18H28N2O2. The van der Waals surface area contributed by atoms with Crippen LogP contribution in [0.4, 0.5) is 0 Å². The Bertz CT molecular complexity index is 455. The maximum atomic E-state index is 12.2. The van der Waals surface area contributed by atoms with Gasteiger partial charge in [0.15, 0.2) is 0 Å². The number of ether oxygens (including phenoxy) is 1. The number of rotatable bonds is 10. The molecule has 1 saturated carbocycles. The summed E-state index contributed by atoms with van der Waals surface area (Å²) in [7, 11) is 1.67. The Labute approximate surface area is 133 Å². The molecule has 122 valence electrons. The Morgan fingerprint density at radius 1 is 1.23 bits per heavy atom. The second kappa shape index (κ2) is 8.79. The molecule has 0 heterocycles. The van der Waals surface area contributed by atoms with Crippen LogP contribution in [-0.2, 0) is 4.79 Å². The van der Waals surface area contributed by atoms with E-state index in [0.29, 0.717) is 12.3 Å². The summed E-state index contributed by atoms with van der Waals surface area (Å²) in [6.45, 7) is 0.743. The third-order valence-corrected chi connectivity index (χ3v) is 4.24. The van der Waals surface area contributed by atoms with Crippen LogP contribution in [0.15, 0.2) is 24.3 Å². The topological polar surface area (TPSA) is 64.3 Å². The fourth-order valence-corrected chi connectivity index (χ4v) is 2.74. The van der Waals surface area contributed by atoms with Crippen molar-refractivity contribution in [3.63, 3.8) is 0 Å². The number of benzene rings is 1. The molecule has 0 aliphatic heterocycles. The number of hydrogen-bond donors (Lipinski definition) is 2. The third kappa shape index (κ3) is 5.34. The van der Waals surface area contributed by atoms with Gasteiger partial charge < -0.3 is 15.8 Å². The van der Waals surface area contributed by atoms with Crippen LogP contribution in [0.2, 0.25) is 0 Å². The maximum Gasteiger partial charge on any atom is 0.220 e. The molecule has 2 rings (SSSR count). The Morgan fingerprint density at radius 2 is 1.91 bits per heavy atom. The molecular weight excluding hydrogens is 276 g/mol. The minimum atomic E-state index is 0.155. The van der Waals surface area contributed by atoms with Gasteiger partial charge in [-0.2, -0.15) is 0 Å². The van der Waals surface area contributed by atoms with E-state index >= 15 is 0 Å². The highest BCUT2D eigenvalue weighted by Crippen LogP contribution is 2.41. The zero-order valence-corrected chi connectivity index (χ0v) is 13.5. The van der Waals surface area contributed by atoms with E-state index in [4.69, 9.17) is 10.5 Å². The molecule has 1 aromatic carbocycles. The molecule has 0 aromatic heterocycles. The molecule has 4 heteroatoms. The van der Waals surface area contributed by atoms with Crippen molar-refractivity contribution in [2.45, 2.75) is 51.0 Å². The lowest BCUT2D eigenvalue weighted by molar-refractivity contribution is -0.122. The first-order valence-electron chi connectivity index (χ1n) is 8.38. The average molecular weight is 304 g/mol. The molecule has 3 N–H and O–H groups in total. The maximum absolute atomic E-state index is 12.2. The molecule has 1 fully saturated rings. The van der Waals surface area contributed by atoms with Crippen LogP contribution >= 0.6 is 0 Å². The largest absolute Gasteiger partial charge is 0.497 e. The number of hydrogen-bond acceptors (Lipinski definition) is 3. The first kappa shape index (κ1) is 16.8. The lowest BCUT2D eigenvalue weighted by Gasteiger charge is -2.19. The van der Waals surface area contributed by atoms with Crippen LogP contribution in [0.1, 0.15) is 56.6 Å². The summed E-state index contributed by atoms with van der Waals surface area (Å²) in [5, 5.41) is 3.22. The first-order chi connectivity index (χ1) is 10.7. The molecule has 1 aliphatic carbocycles. The highest BCUT2D eigenvalue weighted by molar-refractivity contribution is 5.76. The monoisotopic (exact) mass is 304 g/mol. The SMILES string of the molecule is COc1ccc(C(NC(=O)CCCCCCN)C2CC2)cc1. The van der Waals surface area contributed by atoms with Gasteiger partial charge in [0.1, 0.15) is 5.75 Å². The van der Waals surface area contributed by atoms with Crippen LogP contribution in [0, 0.1) is 5.92 Å². The fourth-order valence-electron chi connectivity index (χ4n) is 2.74. The summed E-state index contributed by atoms with van der Waals surface area (Å²) in [6.07, 6.45) is 7.23. The van der Waals surface area contributed by atoms with Gasteiger partial charge in [-0.25, -0.2) is 0 Å². The van der Waals surface area contributed by atoms with E-state index in [-0.39, 0.29) is 11.9 Å². The highest BCUT2D eigenvalue weighted by Gasteiger charge is 2.33. The summed E-state index contributed by atoms with van der Waals surface area (Å²) >= 11 is 0. The van der Waals surface area contributed by atoms with Gasteiger partial charge in [-0.1, -0.05) is 25.0 Å². The number of methoxy groups -OCH3 is 1. The summed E-state index contributed by atoms with van der Waals surface area (Å²) in [4.78, 5) is 12.2. The molecule has 1 amide bonds. The van der Waals surface area contributed by atoms with Crippen molar-refractivity contribution in [1.29, 1.82) is 0 Å². The molecule has 0 spiro atoms. The molecule has 0 radical (unpaired) electrons. The Balaban J connectivity index is 1.82. The van der Waals surface area contributed by atoms with Crippen molar-refractivity contribution in [3.8, 4) is 5.75 Å². The van der Waals surface area contributed by atoms with Crippen LogP contribution in [0.5, 0.6) is 5.75 Å². The van der Waals surface area contributed by atoms with Crippen molar-refractivity contribution in [2.75, 3.05) is 13.7 Å². The lowest BCUT2D eigenvalue weighted by atomic mass is 10.0. The Morgan fingerprint density at radius 3 is 2.50 bits per heavy atom. The standard InChI is InChI=1S/C18H28N2O2/c1-22-16-11-9-15(10-12-16)18(14-7-8-14)20-17(21)6-4-2-3-5-13-19/h9-12,14,18H,2-8,13,19H2,1H3,(H,20,21). The summed E-state index contributed by atoms with van der Waals surface area (Å²) in [6, 6.07) is 8.20. The minimum Gasteiger partial charge on any atom is -0.497 e. The number of carbonyl (C=O) groups is 1. The predicted molar refractivity (Wildman–Crippen MR) is 88.7 cm³/mol. The average Bonchev–Trinajstić information content (AvgIpc) is 3.37. The van der Waals surface area contributed by atoms with Gasteiger partial charge in [0.2, 0.25) is 5.91 Å². The number of amides is 1. The Kier molecular flexibility index (Phi) is 6.72. The van der Waals surface area contributed by atoms with Gasteiger partial charge in [-0.05, 0) is 55.8 Å². The van der Waals surface area contributed by atoms with Gasteiger partial charge in [0, 0.05) is 6.42 Å². The van der Waals surface area contributed by atoms with Crippen molar-refractivity contribution >= 4 is 5.91 Å². The smallest absolute Gasteiger partial charge is 0.220 e. The Hall–Kier alpha value is -1.55. The van der Waals surface area contributed by atoms with Crippen molar-refractivity contribution < 1.29 is 9.53 Å². The van der Waals surface area contributed by atoms with Crippen LogP contribution in [-0.4, -0.2) is 19.6 Å². The van der Waals surface area contributed by atoms with E-state index in [1.807, 2.05) is 12.1 Å². The van der Waals surface area contributed by atoms with E-state index in [1.54, 1.807) is 7.11 Å². The normalized spacial score (nSPS) is 15.4. The van der Waals surface area contributed by atoms with Crippen LogP contribution in [0.25, 0.3) is 0 Å². The van der Waals surface area contributed by atoms with E-state index in [0.717, 1.165) is 38.0 Å². The van der Waals surface area contributed by atoms with E-state index in [1.165, 1.54) is 18.4 Å². The molecule has 1 unspecified atom stereocenters. The van der Waals surface area contributed by atoms with Gasteiger partial charge in [-0.3, -0.25) is 4.79 Å². The van der Waals surface area contributed by atoms with Crippen molar-refractivity contribution in [3.05, 3.63) is 29.8 Å². The lowest BCUT2D eigenvalue weighted by Crippen LogP contribution is -2.29. The molecule has 1 atom stereocenters. The molecule has 4 nitrogen and oxygen atoms in total. The van der Waals surface area contributed by atoms with Crippen LogP contribution < -0.4 is 15.8 Å². The van der Waals surface area contributed by atoms with E-state index < -0.39 is 0 Å². The van der Waals surface area contributed by atoms with E-state index in [2.05, 4.69) is 17.4 Å². The highest BCUT2D eigenvalue weighted by atomic mass is 16.5. The number of unbranched alkanes of at least 4 members (excludes halogenated alkanes) is 3. The predicted octanol–water partition coefficient (Wildman–Crippen LogP) is 3.17. The number of nitrogens with two attached hydrogens (primary N) is 1. The quantitative estimate of drug-likeness (QED) is 0.653. The molecule has 1 aromatic rings. The minimum absolute atomic E-state index is 0.155. The van der Waals surface area contributed by atoms with Crippen molar-refractivity contribution in [1.82, 2.24) is 5.32 Å².